The van der Waals surface area contributed by atoms with E-state index < -0.39 is 0 Å². The number of nitrogens with two attached hydrogens (primary N) is 1. The maximum Gasteiger partial charge on any atom is 0.122 e. The lowest BCUT2D eigenvalue weighted by Crippen LogP contribution is -2.32. The van der Waals surface area contributed by atoms with E-state index in [1.54, 1.807) is 7.11 Å². The Morgan fingerprint density at radius 2 is 2.30 bits per heavy atom. The minimum atomic E-state index is 0.222. The van der Waals surface area contributed by atoms with Crippen molar-refractivity contribution < 1.29 is 9.15 Å². The molecule has 1 aromatic heterocycles. The van der Waals surface area contributed by atoms with Crippen molar-refractivity contribution in [3.05, 3.63) is 23.7 Å². The molecule has 4 atom stereocenters. The third-order valence-corrected chi connectivity index (χ3v) is 4.83. The Hall–Kier alpha value is -0.840. The van der Waals surface area contributed by atoms with Crippen molar-refractivity contribution in [1.82, 2.24) is 4.90 Å². The molecule has 0 spiro atoms. The number of furan rings is 1. The second-order valence-electron chi connectivity index (χ2n) is 6.42. The van der Waals surface area contributed by atoms with Crippen LogP contribution in [0.5, 0.6) is 0 Å². The van der Waals surface area contributed by atoms with Gasteiger partial charge in [0.1, 0.15) is 11.5 Å². The summed E-state index contributed by atoms with van der Waals surface area (Å²) in [6.07, 6.45) is 2.46. The number of hydrogen-bond donors (Lipinski definition) is 1. The van der Waals surface area contributed by atoms with Crippen molar-refractivity contribution in [3.63, 3.8) is 0 Å². The molecule has 4 unspecified atom stereocenters. The van der Waals surface area contributed by atoms with Crippen LogP contribution in [0.15, 0.2) is 16.5 Å². The van der Waals surface area contributed by atoms with Crippen LogP contribution in [0.2, 0.25) is 0 Å². The summed E-state index contributed by atoms with van der Waals surface area (Å²) in [5.74, 6) is 4.25. The molecule has 4 heteroatoms. The van der Waals surface area contributed by atoms with Gasteiger partial charge in [0, 0.05) is 26.1 Å². The number of rotatable bonds is 6. The van der Waals surface area contributed by atoms with E-state index in [1.165, 1.54) is 12.8 Å². The van der Waals surface area contributed by atoms with E-state index in [1.807, 2.05) is 0 Å². The van der Waals surface area contributed by atoms with Crippen molar-refractivity contribution in [2.24, 2.45) is 17.6 Å². The number of hydrogen-bond acceptors (Lipinski definition) is 4. The lowest BCUT2D eigenvalue weighted by molar-refractivity contribution is 0.144. The minimum absolute atomic E-state index is 0.222. The van der Waals surface area contributed by atoms with Gasteiger partial charge in [-0.05, 0) is 43.4 Å². The highest BCUT2D eigenvalue weighted by Crippen LogP contribution is 2.47. The lowest BCUT2D eigenvalue weighted by atomic mass is 10.1. The van der Waals surface area contributed by atoms with E-state index in [0.717, 1.165) is 37.1 Å². The molecule has 1 aromatic rings. The molecule has 4 nitrogen and oxygen atoms in total. The van der Waals surface area contributed by atoms with E-state index in [0.29, 0.717) is 18.4 Å². The summed E-state index contributed by atoms with van der Waals surface area (Å²) in [6, 6.07) is 4.50. The molecular weight excluding hydrogens is 252 g/mol. The molecule has 0 bridgehead atoms. The van der Waals surface area contributed by atoms with Crippen LogP contribution in [0.3, 0.4) is 0 Å². The fraction of sp³-hybridized carbons (Fsp3) is 0.750. The Bertz CT molecular complexity index is 445. The summed E-state index contributed by atoms with van der Waals surface area (Å²) in [5, 5.41) is 0. The molecule has 1 aliphatic heterocycles. The van der Waals surface area contributed by atoms with E-state index in [9.17, 15) is 0 Å². The van der Waals surface area contributed by atoms with Gasteiger partial charge in [-0.3, -0.25) is 4.90 Å². The SMILES string of the molecule is COCC1CCN(C(CN)c2ccc(C3CC3C)o2)C1. The second-order valence-corrected chi connectivity index (χ2v) is 6.42. The summed E-state index contributed by atoms with van der Waals surface area (Å²) in [7, 11) is 1.78. The average Bonchev–Trinajstić information content (AvgIpc) is 2.84. The second kappa shape index (κ2) is 5.88. The molecule has 0 aromatic carbocycles. The standard InChI is InChI=1S/C16H26N2O2/c1-11-7-13(11)15-3-4-16(20-15)14(8-17)18-6-5-12(9-18)10-19-2/h3-4,11-14H,5-10,17H2,1-2H3. The van der Waals surface area contributed by atoms with Gasteiger partial charge in [-0.2, -0.15) is 0 Å². The smallest absolute Gasteiger partial charge is 0.122 e. The summed E-state index contributed by atoms with van der Waals surface area (Å²) in [5.41, 5.74) is 6.00. The van der Waals surface area contributed by atoms with Gasteiger partial charge in [0.05, 0.1) is 12.6 Å². The molecule has 20 heavy (non-hydrogen) atoms. The van der Waals surface area contributed by atoms with Crippen LogP contribution in [-0.4, -0.2) is 38.3 Å². The predicted molar refractivity (Wildman–Crippen MR) is 78.6 cm³/mol. The Balaban J connectivity index is 1.65. The fourth-order valence-corrected chi connectivity index (χ4v) is 3.43. The van der Waals surface area contributed by atoms with Gasteiger partial charge in [-0.25, -0.2) is 0 Å². The highest BCUT2D eigenvalue weighted by molar-refractivity contribution is 5.19. The number of nitrogens with zero attached hydrogens (tertiary/aromatic N) is 1. The zero-order valence-electron chi connectivity index (χ0n) is 12.5. The first kappa shape index (κ1) is 14.1. The van der Waals surface area contributed by atoms with Gasteiger partial charge >= 0.3 is 0 Å². The number of ether oxygens (including phenoxy) is 1. The average molecular weight is 278 g/mol. The summed E-state index contributed by atoms with van der Waals surface area (Å²) < 4.78 is 11.4. The first-order valence-corrected chi connectivity index (χ1v) is 7.75. The molecule has 2 heterocycles. The maximum absolute atomic E-state index is 6.09. The van der Waals surface area contributed by atoms with Crippen molar-refractivity contribution in [2.45, 2.75) is 31.7 Å². The molecule has 1 saturated carbocycles. The van der Waals surface area contributed by atoms with E-state index >= 15 is 0 Å². The molecule has 2 aliphatic rings. The van der Waals surface area contributed by atoms with Crippen LogP contribution in [0.1, 0.15) is 43.2 Å². The number of methoxy groups -OCH3 is 1. The summed E-state index contributed by atoms with van der Waals surface area (Å²) in [6.45, 7) is 5.89. The minimum Gasteiger partial charge on any atom is -0.464 e. The lowest BCUT2D eigenvalue weighted by Gasteiger charge is -2.25. The van der Waals surface area contributed by atoms with E-state index in [2.05, 4.69) is 24.0 Å². The normalized spacial score (nSPS) is 31.6. The Morgan fingerprint density at radius 1 is 1.50 bits per heavy atom. The Labute approximate surface area is 121 Å². The molecule has 2 fully saturated rings. The zero-order valence-corrected chi connectivity index (χ0v) is 12.5. The Morgan fingerprint density at radius 3 is 2.95 bits per heavy atom. The summed E-state index contributed by atoms with van der Waals surface area (Å²) in [4.78, 5) is 2.45. The van der Waals surface area contributed by atoms with Gasteiger partial charge < -0.3 is 14.9 Å². The van der Waals surface area contributed by atoms with Crippen molar-refractivity contribution in [1.29, 1.82) is 0 Å². The number of likely N-dealkylation sites (tertiary alicyclic amines) is 1. The van der Waals surface area contributed by atoms with Gasteiger partial charge in [0.2, 0.25) is 0 Å². The summed E-state index contributed by atoms with van der Waals surface area (Å²) >= 11 is 0. The largest absolute Gasteiger partial charge is 0.464 e. The topological polar surface area (TPSA) is 51.6 Å². The highest BCUT2D eigenvalue weighted by Gasteiger charge is 2.37. The molecule has 3 rings (SSSR count). The zero-order chi connectivity index (χ0) is 14.1. The molecule has 1 saturated heterocycles. The van der Waals surface area contributed by atoms with Gasteiger partial charge in [0.25, 0.3) is 0 Å². The van der Waals surface area contributed by atoms with Gasteiger partial charge in [-0.15, -0.1) is 0 Å². The van der Waals surface area contributed by atoms with Crippen molar-refractivity contribution in [3.8, 4) is 0 Å². The molecule has 2 N–H and O–H groups in total. The first-order valence-electron chi connectivity index (χ1n) is 7.75. The Kier molecular flexibility index (Phi) is 4.15. The predicted octanol–water partition coefficient (Wildman–Crippen LogP) is 2.37. The fourth-order valence-electron chi connectivity index (χ4n) is 3.43. The quantitative estimate of drug-likeness (QED) is 0.868. The third kappa shape index (κ3) is 2.78. The molecule has 0 radical (unpaired) electrons. The third-order valence-electron chi connectivity index (χ3n) is 4.83. The van der Waals surface area contributed by atoms with Crippen molar-refractivity contribution >= 4 is 0 Å². The van der Waals surface area contributed by atoms with Crippen molar-refractivity contribution in [2.75, 3.05) is 33.4 Å². The molecular formula is C16H26N2O2. The highest BCUT2D eigenvalue weighted by atomic mass is 16.5. The van der Waals surface area contributed by atoms with Crippen LogP contribution in [-0.2, 0) is 4.74 Å². The van der Waals surface area contributed by atoms with Crippen LogP contribution >= 0.6 is 0 Å². The molecule has 0 amide bonds. The first-order chi connectivity index (χ1) is 9.72. The van der Waals surface area contributed by atoms with Crippen LogP contribution in [0.4, 0.5) is 0 Å². The molecule has 1 aliphatic carbocycles. The molecule has 112 valence electrons. The van der Waals surface area contributed by atoms with E-state index in [-0.39, 0.29) is 6.04 Å². The van der Waals surface area contributed by atoms with Crippen LogP contribution < -0.4 is 5.73 Å². The van der Waals surface area contributed by atoms with Gasteiger partial charge in [0.15, 0.2) is 0 Å². The monoisotopic (exact) mass is 278 g/mol. The van der Waals surface area contributed by atoms with Crippen LogP contribution in [0, 0.1) is 11.8 Å². The van der Waals surface area contributed by atoms with Gasteiger partial charge in [-0.1, -0.05) is 6.92 Å². The van der Waals surface area contributed by atoms with E-state index in [4.69, 9.17) is 14.9 Å². The van der Waals surface area contributed by atoms with Crippen LogP contribution in [0.25, 0.3) is 0 Å². The maximum atomic E-state index is 6.09.